The first-order valence-corrected chi connectivity index (χ1v) is 11.4. The Kier molecular flexibility index (Phi) is 8.40. The summed E-state index contributed by atoms with van der Waals surface area (Å²) in [6.45, 7) is 4.37. The van der Waals surface area contributed by atoms with Gasteiger partial charge >= 0.3 is 0 Å². The summed E-state index contributed by atoms with van der Waals surface area (Å²) in [6.07, 6.45) is -0.420. The molecule has 1 amide bonds. The molecule has 0 aliphatic carbocycles. The lowest BCUT2D eigenvalue weighted by atomic mass is 10.2. The molecule has 1 atom stereocenters. The van der Waals surface area contributed by atoms with E-state index < -0.39 is 6.10 Å². The van der Waals surface area contributed by atoms with Crippen LogP contribution in [0.5, 0.6) is 17.2 Å². The Bertz CT molecular complexity index is 1110. The van der Waals surface area contributed by atoms with Crippen molar-refractivity contribution in [1.82, 2.24) is 14.8 Å². The second-order valence-corrected chi connectivity index (χ2v) is 8.17. The number of nitrogens with one attached hydrogen (secondary N) is 1. The molecular weight excluding hydrogens is 471 g/mol. The van der Waals surface area contributed by atoms with E-state index in [1.54, 1.807) is 24.3 Å². The largest absolute Gasteiger partial charge is 0.495 e. The first-order valence-electron chi connectivity index (χ1n) is 10.1. The van der Waals surface area contributed by atoms with Gasteiger partial charge in [0, 0.05) is 18.7 Å². The molecule has 11 heteroatoms. The molecule has 0 radical (unpaired) electrons. The number of anilines is 1. The Labute approximate surface area is 200 Å². The molecule has 0 saturated carbocycles. The maximum Gasteiger partial charge on any atom is 0.234 e. The fourth-order valence-corrected chi connectivity index (χ4v) is 4.09. The Balaban J connectivity index is 1.66. The fraction of sp³-hybridized carbons (Fsp3) is 0.318. The third-order valence-corrected chi connectivity index (χ3v) is 5.89. The minimum Gasteiger partial charge on any atom is -0.495 e. The lowest BCUT2D eigenvalue weighted by molar-refractivity contribution is -0.113. The van der Waals surface area contributed by atoms with Crippen molar-refractivity contribution in [3.05, 3.63) is 53.1 Å². The van der Waals surface area contributed by atoms with Crippen LogP contribution >= 0.6 is 23.4 Å². The van der Waals surface area contributed by atoms with Gasteiger partial charge in [-0.1, -0.05) is 23.4 Å². The molecule has 176 valence electrons. The first kappa shape index (κ1) is 24.7. The van der Waals surface area contributed by atoms with Crippen LogP contribution in [-0.2, 0) is 11.3 Å². The third-order valence-electron chi connectivity index (χ3n) is 4.63. The quantitative estimate of drug-likeness (QED) is 0.398. The van der Waals surface area contributed by atoms with Gasteiger partial charge in [0.2, 0.25) is 5.91 Å². The number of carbonyl (C=O) groups is 1. The van der Waals surface area contributed by atoms with Crippen molar-refractivity contribution < 1.29 is 23.4 Å². The van der Waals surface area contributed by atoms with Gasteiger partial charge in [0.15, 0.2) is 17.1 Å². The van der Waals surface area contributed by atoms with Crippen LogP contribution in [0.1, 0.15) is 25.8 Å². The summed E-state index contributed by atoms with van der Waals surface area (Å²) in [7, 11) is 2.98. The summed E-state index contributed by atoms with van der Waals surface area (Å²) in [5.74, 6) is 1.48. The van der Waals surface area contributed by atoms with Gasteiger partial charge in [-0.2, -0.15) is 0 Å². The first-order chi connectivity index (χ1) is 15.9. The SMILES string of the molecule is CCn1c(SCC(=O)Nc2cc(OC)c(Cl)cc2OC)nnc1C(C)Oc1ccc(F)cc1. The van der Waals surface area contributed by atoms with E-state index in [9.17, 15) is 9.18 Å². The topological polar surface area (TPSA) is 87.5 Å². The number of ether oxygens (including phenoxy) is 3. The molecule has 8 nitrogen and oxygen atoms in total. The van der Waals surface area contributed by atoms with Gasteiger partial charge in [-0.15, -0.1) is 10.2 Å². The summed E-state index contributed by atoms with van der Waals surface area (Å²) >= 11 is 7.36. The van der Waals surface area contributed by atoms with E-state index in [4.69, 9.17) is 25.8 Å². The smallest absolute Gasteiger partial charge is 0.234 e. The molecular formula is C22H24ClFN4O4S. The van der Waals surface area contributed by atoms with Crippen LogP contribution in [0.3, 0.4) is 0 Å². The predicted molar refractivity (Wildman–Crippen MR) is 125 cm³/mol. The van der Waals surface area contributed by atoms with Crippen molar-refractivity contribution in [1.29, 1.82) is 0 Å². The summed E-state index contributed by atoms with van der Waals surface area (Å²) < 4.78 is 31.3. The lowest BCUT2D eigenvalue weighted by Gasteiger charge is -2.15. The number of thioether (sulfide) groups is 1. The van der Waals surface area contributed by atoms with Gasteiger partial charge in [0.25, 0.3) is 0 Å². The van der Waals surface area contributed by atoms with Crippen LogP contribution in [0.25, 0.3) is 0 Å². The summed E-state index contributed by atoms with van der Waals surface area (Å²) in [4.78, 5) is 12.6. The van der Waals surface area contributed by atoms with Crippen molar-refractivity contribution in [3.8, 4) is 17.2 Å². The molecule has 0 bridgehead atoms. The number of halogens is 2. The van der Waals surface area contributed by atoms with Crippen LogP contribution in [0.4, 0.5) is 10.1 Å². The normalized spacial score (nSPS) is 11.7. The van der Waals surface area contributed by atoms with Crippen molar-refractivity contribution >= 4 is 35.0 Å². The van der Waals surface area contributed by atoms with Gasteiger partial charge in [0.1, 0.15) is 23.1 Å². The van der Waals surface area contributed by atoms with E-state index in [1.165, 1.54) is 38.1 Å². The minimum atomic E-state index is -0.420. The van der Waals surface area contributed by atoms with Gasteiger partial charge in [-0.25, -0.2) is 4.39 Å². The molecule has 0 spiro atoms. The highest BCUT2D eigenvalue weighted by molar-refractivity contribution is 7.99. The van der Waals surface area contributed by atoms with Crippen LogP contribution in [0.15, 0.2) is 41.6 Å². The number of benzene rings is 2. The average molecular weight is 495 g/mol. The standard InChI is InChI=1S/C22H24ClFN4O4S/c1-5-28-21(13(2)32-15-8-6-14(24)7-9-15)26-27-22(28)33-12-20(29)25-17-11-18(30-3)16(23)10-19(17)31-4/h6-11,13H,5,12H2,1-4H3,(H,25,29). The van der Waals surface area contributed by atoms with Crippen LogP contribution in [-0.4, -0.2) is 40.6 Å². The third kappa shape index (κ3) is 6.08. The van der Waals surface area contributed by atoms with E-state index >= 15 is 0 Å². The molecule has 1 heterocycles. The Hall–Kier alpha value is -2.98. The van der Waals surface area contributed by atoms with Crippen molar-refractivity contribution in [3.63, 3.8) is 0 Å². The highest BCUT2D eigenvalue weighted by Crippen LogP contribution is 2.36. The highest BCUT2D eigenvalue weighted by Gasteiger charge is 2.20. The maximum atomic E-state index is 13.1. The number of carbonyl (C=O) groups excluding carboxylic acids is 1. The van der Waals surface area contributed by atoms with E-state index in [-0.39, 0.29) is 17.5 Å². The summed E-state index contributed by atoms with van der Waals surface area (Å²) in [5.41, 5.74) is 0.448. The van der Waals surface area contributed by atoms with Crippen LogP contribution in [0, 0.1) is 5.82 Å². The Morgan fingerprint density at radius 1 is 1.18 bits per heavy atom. The molecule has 1 unspecified atom stereocenters. The molecule has 1 aromatic heterocycles. The maximum absolute atomic E-state index is 13.1. The molecule has 1 N–H and O–H groups in total. The highest BCUT2D eigenvalue weighted by atomic mass is 35.5. The van der Waals surface area contributed by atoms with E-state index in [0.29, 0.717) is 45.5 Å². The lowest BCUT2D eigenvalue weighted by Crippen LogP contribution is -2.16. The number of methoxy groups -OCH3 is 2. The van der Waals surface area contributed by atoms with E-state index in [0.717, 1.165) is 0 Å². The van der Waals surface area contributed by atoms with Gasteiger partial charge in [0.05, 0.1) is 30.7 Å². The molecule has 3 rings (SSSR count). The number of aromatic nitrogens is 3. The molecule has 0 saturated heterocycles. The second kappa shape index (κ2) is 11.2. The molecule has 0 fully saturated rings. The minimum absolute atomic E-state index is 0.0967. The Morgan fingerprint density at radius 2 is 1.88 bits per heavy atom. The molecule has 2 aromatic carbocycles. The van der Waals surface area contributed by atoms with Gasteiger partial charge < -0.3 is 24.1 Å². The number of rotatable bonds is 10. The van der Waals surface area contributed by atoms with Crippen molar-refractivity contribution in [2.24, 2.45) is 0 Å². The van der Waals surface area contributed by atoms with E-state index in [1.807, 2.05) is 18.4 Å². The Morgan fingerprint density at radius 3 is 2.52 bits per heavy atom. The molecule has 3 aromatic rings. The summed E-state index contributed by atoms with van der Waals surface area (Å²) in [6, 6.07) is 8.95. The number of nitrogens with zero attached hydrogens (tertiary/aromatic N) is 3. The monoisotopic (exact) mass is 494 g/mol. The van der Waals surface area contributed by atoms with Crippen molar-refractivity contribution in [2.75, 3.05) is 25.3 Å². The molecule has 0 aliphatic rings. The zero-order valence-electron chi connectivity index (χ0n) is 18.6. The van der Waals surface area contributed by atoms with Gasteiger partial charge in [-0.3, -0.25) is 4.79 Å². The van der Waals surface area contributed by atoms with Crippen molar-refractivity contribution in [2.45, 2.75) is 31.7 Å². The van der Waals surface area contributed by atoms with Crippen LogP contribution in [0.2, 0.25) is 5.02 Å². The number of hydrogen-bond donors (Lipinski definition) is 1. The van der Waals surface area contributed by atoms with E-state index in [2.05, 4.69) is 15.5 Å². The summed E-state index contributed by atoms with van der Waals surface area (Å²) in [5, 5.41) is 12.2. The van der Waals surface area contributed by atoms with Crippen LogP contribution < -0.4 is 19.5 Å². The zero-order valence-corrected chi connectivity index (χ0v) is 20.2. The predicted octanol–water partition coefficient (Wildman–Crippen LogP) is 4.98. The number of amides is 1. The van der Waals surface area contributed by atoms with Gasteiger partial charge in [-0.05, 0) is 38.1 Å². The number of hydrogen-bond acceptors (Lipinski definition) is 7. The average Bonchev–Trinajstić information content (AvgIpc) is 3.23. The zero-order chi connectivity index (χ0) is 24.0. The molecule has 0 aliphatic heterocycles. The fourth-order valence-electron chi connectivity index (χ4n) is 3.05. The second-order valence-electron chi connectivity index (χ2n) is 6.82. The molecule has 33 heavy (non-hydrogen) atoms.